The summed E-state index contributed by atoms with van der Waals surface area (Å²) in [4.78, 5) is 0. The molecule has 0 heterocycles. The monoisotopic (exact) mass is 298 g/mol. The van der Waals surface area contributed by atoms with Gasteiger partial charge in [-0.1, -0.05) is 24.3 Å². The zero-order chi connectivity index (χ0) is 14.8. The average Bonchev–Trinajstić information content (AvgIpc) is 2.65. The fraction of sp³-hybridized carbons (Fsp3) is 0.571. The average molecular weight is 298 g/mol. The molecule has 1 aromatic carbocycles. The fourth-order valence-corrected chi connectivity index (χ4v) is 3.54. The van der Waals surface area contributed by atoms with Crippen molar-refractivity contribution in [3.63, 3.8) is 0 Å². The van der Waals surface area contributed by atoms with Gasteiger partial charge < -0.3 is 10.5 Å². The van der Waals surface area contributed by atoms with Gasteiger partial charge in [-0.2, -0.15) is 0 Å². The van der Waals surface area contributed by atoms with E-state index in [0.29, 0.717) is 6.42 Å². The van der Waals surface area contributed by atoms with Crippen LogP contribution in [0.25, 0.3) is 0 Å². The van der Waals surface area contributed by atoms with Gasteiger partial charge in [-0.15, -0.1) is 0 Å². The Labute approximate surface area is 120 Å². The van der Waals surface area contributed by atoms with Crippen LogP contribution in [-0.4, -0.2) is 32.9 Å². The summed E-state index contributed by atoms with van der Waals surface area (Å²) in [5, 5.41) is 0. The molecular formula is C14H22N2O3S. The van der Waals surface area contributed by atoms with E-state index in [2.05, 4.69) is 4.72 Å². The Morgan fingerprint density at radius 2 is 2.10 bits per heavy atom. The zero-order valence-electron chi connectivity index (χ0n) is 11.9. The quantitative estimate of drug-likeness (QED) is 0.819. The highest BCUT2D eigenvalue weighted by atomic mass is 32.2. The summed E-state index contributed by atoms with van der Waals surface area (Å²) >= 11 is 0. The van der Waals surface area contributed by atoms with E-state index in [9.17, 15) is 8.42 Å². The lowest BCUT2D eigenvalue weighted by Gasteiger charge is -2.19. The number of nitrogens with two attached hydrogens (primary N) is 1. The van der Waals surface area contributed by atoms with Crippen LogP contribution in [0.2, 0.25) is 0 Å². The largest absolute Gasteiger partial charge is 0.378 e. The molecule has 0 bridgehead atoms. The SMILES string of the molecule is CC(C)OCCS(=O)(=O)NC1c2ccccc2CC1N. The van der Waals surface area contributed by atoms with E-state index in [1.165, 1.54) is 0 Å². The van der Waals surface area contributed by atoms with Gasteiger partial charge >= 0.3 is 0 Å². The van der Waals surface area contributed by atoms with Crippen LogP contribution in [0, 0.1) is 0 Å². The number of fused-ring (bicyclic) bond motifs is 1. The number of benzene rings is 1. The maximum atomic E-state index is 12.1. The molecule has 0 saturated heterocycles. The molecule has 112 valence electrons. The Morgan fingerprint density at radius 3 is 2.80 bits per heavy atom. The summed E-state index contributed by atoms with van der Waals surface area (Å²) in [5.74, 6) is -0.0451. The van der Waals surface area contributed by atoms with Gasteiger partial charge in [0.05, 0.1) is 24.5 Å². The third-order valence-corrected chi connectivity index (χ3v) is 4.70. The van der Waals surface area contributed by atoms with Crippen LogP contribution >= 0.6 is 0 Å². The van der Waals surface area contributed by atoms with Crippen molar-refractivity contribution in [2.75, 3.05) is 12.4 Å². The molecule has 0 fully saturated rings. The van der Waals surface area contributed by atoms with Gasteiger partial charge in [0, 0.05) is 6.04 Å². The van der Waals surface area contributed by atoms with Gasteiger partial charge in [0.1, 0.15) is 0 Å². The number of ether oxygens (including phenoxy) is 1. The van der Waals surface area contributed by atoms with Crippen LogP contribution in [0.4, 0.5) is 0 Å². The van der Waals surface area contributed by atoms with Gasteiger partial charge in [-0.05, 0) is 31.4 Å². The molecule has 0 aliphatic heterocycles. The third-order valence-electron chi connectivity index (χ3n) is 3.38. The second-order valence-electron chi connectivity index (χ2n) is 5.40. The molecule has 2 rings (SSSR count). The molecule has 20 heavy (non-hydrogen) atoms. The molecule has 3 N–H and O–H groups in total. The third kappa shape index (κ3) is 3.79. The van der Waals surface area contributed by atoms with Crippen molar-refractivity contribution in [2.24, 2.45) is 5.73 Å². The first-order chi connectivity index (χ1) is 9.39. The fourth-order valence-electron chi connectivity index (χ4n) is 2.42. The lowest BCUT2D eigenvalue weighted by Crippen LogP contribution is -2.40. The number of nitrogens with one attached hydrogen (secondary N) is 1. The van der Waals surface area contributed by atoms with E-state index >= 15 is 0 Å². The van der Waals surface area contributed by atoms with Gasteiger partial charge in [0.15, 0.2) is 0 Å². The summed E-state index contributed by atoms with van der Waals surface area (Å²) in [6.45, 7) is 3.95. The predicted octanol–water partition coefficient (Wildman–Crippen LogP) is 0.956. The van der Waals surface area contributed by atoms with Crippen molar-refractivity contribution >= 4 is 10.0 Å². The van der Waals surface area contributed by atoms with Crippen molar-refractivity contribution in [2.45, 2.75) is 38.5 Å². The summed E-state index contributed by atoms with van der Waals surface area (Å²) in [5.41, 5.74) is 8.15. The van der Waals surface area contributed by atoms with Gasteiger partial charge in [0.25, 0.3) is 0 Å². The maximum Gasteiger partial charge on any atom is 0.214 e. The molecule has 0 saturated carbocycles. The molecule has 1 aliphatic carbocycles. The first kappa shape index (κ1) is 15.4. The van der Waals surface area contributed by atoms with Crippen LogP contribution in [0.15, 0.2) is 24.3 Å². The Morgan fingerprint density at radius 1 is 1.40 bits per heavy atom. The number of sulfonamides is 1. The van der Waals surface area contributed by atoms with Crippen molar-refractivity contribution in [3.8, 4) is 0 Å². The molecule has 6 heteroatoms. The Kier molecular flexibility index (Phi) is 4.80. The van der Waals surface area contributed by atoms with E-state index in [4.69, 9.17) is 10.5 Å². The summed E-state index contributed by atoms with van der Waals surface area (Å²) in [6.07, 6.45) is 0.728. The smallest absolute Gasteiger partial charge is 0.214 e. The topological polar surface area (TPSA) is 81.4 Å². The van der Waals surface area contributed by atoms with Crippen molar-refractivity contribution in [1.82, 2.24) is 4.72 Å². The van der Waals surface area contributed by atoms with Crippen molar-refractivity contribution < 1.29 is 13.2 Å². The molecule has 1 aromatic rings. The lowest BCUT2D eigenvalue weighted by molar-refractivity contribution is 0.0911. The highest BCUT2D eigenvalue weighted by molar-refractivity contribution is 7.89. The van der Waals surface area contributed by atoms with E-state index in [0.717, 1.165) is 11.1 Å². The van der Waals surface area contributed by atoms with Crippen LogP contribution < -0.4 is 10.5 Å². The molecule has 2 atom stereocenters. The number of rotatable bonds is 6. The standard InChI is InChI=1S/C14H22N2O3S/c1-10(2)19-7-8-20(17,18)16-14-12-6-4-3-5-11(12)9-13(14)15/h3-6,10,13-14,16H,7-9,15H2,1-2H3. The first-order valence-electron chi connectivity index (χ1n) is 6.84. The van der Waals surface area contributed by atoms with E-state index in [-0.39, 0.29) is 30.5 Å². The molecule has 0 spiro atoms. The minimum Gasteiger partial charge on any atom is -0.378 e. The van der Waals surface area contributed by atoms with Gasteiger partial charge in [-0.3, -0.25) is 0 Å². The minimum atomic E-state index is -3.39. The summed E-state index contributed by atoms with van der Waals surface area (Å²) in [6, 6.07) is 7.22. The van der Waals surface area contributed by atoms with E-state index in [1.54, 1.807) is 0 Å². The van der Waals surface area contributed by atoms with Crippen molar-refractivity contribution in [3.05, 3.63) is 35.4 Å². The molecule has 5 nitrogen and oxygen atoms in total. The molecule has 0 amide bonds. The predicted molar refractivity (Wildman–Crippen MR) is 78.9 cm³/mol. The second-order valence-corrected chi connectivity index (χ2v) is 7.27. The molecule has 1 aliphatic rings. The van der Waals surface area contributed by atoms with Crippen LogP contribution in [-0.2, 0) is 21.2 Å². The number of hydrogen-bond acceptors (Lipinski definition) is 4. The highest BCUT2D eigenvalue weighted by Gasteiger charge is 2.32. The minimum absolute atomic E-state index is 0.0275. The summed E-state index contributed by atoms with van der Waals surface area (Å²) in [7, 11) is -3.39. The lowest BCUT2D eigenvalue weighted by atomic mass is 10.1. The van der Waals surface area contributed by atoms with Crippen LogP contribution in [0.5, 0.6) is 0 Å². The molecular weight excluding hydrogens is 276 g/mol. The van der Waals surface area contributed by atoms with Crippen LogP contribution in [0.3, 0.4) is 0 Å². The molecule has 2 unspecified atom stereocenters. The van der Waals surface area contributed by atoms with E-state index in [1.807, 2.05) is 38.1 Å². The second kappa shape index (κ2) is 6.22. The Bertz CT molecular complexity index is 557. The van der Waals surface area contributed by atoms with Gasteiger partial charge in [-0.25, -0.2) is 13.1 Å². The summed E-state index contributed by atoms with van der Waals surface area (Å²) < 4.78 is 32.1. The molecule has 0 aromatic heterocycles. The zero-order valence-corrected chi connectivity index (χ0v) is 12.7. The highest BCUT2D eigenvalue weighted by Crippen LogP contribution is 2.30. The number of hydrogen-bond donors (Lipinski definition) is 2. The molecule has 0 radical (unpaired) electrons. The first-order valence-corrected chi connectivity index (χ1v) is 8.49. The van der Waals surface area contributed by atoms with E-state index < -0.39 is 10.0 Å². The van der Waals surface area contributed by atoms with Gasteiger partial charge in [0.2, 0.25) is 10.0 Å². The normalized spacial score (nSPS) is 22.2. The maximum absolute atomic E-state index is 12.1. The Balaban J connectivity index is 2.02. The van der Waals surface area contributed by atoms with Crippen molar-refractivity contribution in [1.29, 1.82) is 0 Å². The van der Waals surface area contributed by atoms with Crippen LogP contribution in [0.1, 0.15) is 31.0 Å². The Hall–Kier alpha value is -0.950.